The average molecular weight is 531 g/mol. The van der Waals surface area contributed by atoms with Gasteiger partial charge in [-0.2, -0.15) is 13.2 Å². The monoisotopic (exact) mass is 530 g/mol. The van der Waals surface area contributed by atoms with Crippen molar-refractivity contribution in [3.8, 4) is 5.88 Å². The van der Waals surface area contributed by atoms with Crippen LogP contribution in [0.15, 0.2) is 53.3 Å². The Morgan fingerprint density at radius 1 is 1.28 bits per heavy atom. The zero-order chi connectivity index (χ0) is 26.7. The molecule has 1 saturated heterocycles. The molecule has 3 rings (SSSR count). The Balaban J connectivity index is 1.89. The first-order valence-corrected chi connectivity index (χ1v) is 11.2. The SMILES string of the molecule is CN=CC(=C(N)C(=O)N1CC(F)(F)CC(C)C1COc1ccc(C(F)(F)F)cn1)c1ccc(Cl)cc1. The molecule has 0 saturated carbocycles. The number of benzene rings is 1. The highest BCUT2D eigenvalue weighted by Gasteiger charge is 2.47. The molecule has 1 aromatic carbocycles. The summed E-state index contributed by atoms with van der Waals surface area (Å²) in [4.78, 5) is 21.9. The molecule has 0 bridgehead atoms. The predicted octanol–water partition coefficient (Wildman–Crippen LogP) is 5.08. The van der Waals surface area contributed by atoms with Crippen LogP contribution in [0.1, 0.15) is 24.5 Å². The average Bonchev–Trinajstić information content (AvgIpc) is 2.80. The maximum Gasteiger partial charge on any atom is 0.417 e. The van der Waals surface area contributed by atoms with Crippen LogP contribution in [0.3, 0.4) is 0 Å². The second-order valence-corrected chi connectivity index (χ2v) is 8.89. The molecule has 2 atom stereocenters. The molecule has 1 fully saturated rings. The van der Waals surface area contributed by atoms with Crippen molar-refractivity contribution < 1.29 is 31.5 Å². The number of alkyl halides is 5. The number of hydrogen-bond acceptors (Lipinski definition) is 5. The maximum atomic E-state index is 14.5. The lowest BCUT2D eigenvalue weighted by Gasteiger charge is -2.43. The van der Waals surface area contributed by atoms with E-state index in [1.807, 2.05) is 0 Å². The lowest BCUT2D eigenvalue weighted by atomic mass is 9.88. The van der Waals surface area contributed by atoms with E-state index in [1.165, 1.54) is 20.2 Å². The molecule has 2 unspecified atom stereocenters. The highest BCUT2D eigenvalue weighted by molar-refractivity contribution is 6.30. The van der Waals surface area contributed by atoms with Gasteiger partial charge in [0.05, 0.1) is 18.2 Å². The molecule has 0 radical (unpaired) electrons. The molecule has 6 nitrogen and oxygen atoms in total. The number of amides is 1. The second kappa shape index (κ2) is 10.8. The lowest BCUT2D eigenvalue weighted by Crippen LogP contribution is -2.58. The Bertz CT molecular complexity index is 1130. The number of ether oxygens (including phenoxy) is 1. The number of aromatic nitrogens is 1. The van der Waals surface area contributed by atoms with Crippen molar-refractivity contribution in [2.45, 2.75) is 31.5 Å². The van der Waals surface area contributed by atoms with Crippen LogP contribution >= 0.6 is 11.6 Å². The molecule has 2 aromatic rings. The number of piperidine rings is 1. The van der Waals surface area contributed by atoms with Gasteiger partial charge < -0.3 is 15.4 Å². The molecule has 0 aliphatic carbocycles. The third kappa shape index (κ3) is 6.51. The van der Waals surface area contributed by atoms with E-state index in [0.29, 0.717) is 16.8 Å². The number of halogens is 6. The summed E-state index contributed by atoms with van der Waals surface area (Å²) in [6, 6.07) is 7.39. The molecule has 0 spiro atoms. The maximum absolute atomic E-state index is 14.5. The number of hydrogen-bond donors (Lipinski definition) is 1. The van der Waals surface area contributed by atoms with Gasteiger partial charge in [-0.15, -0.1) is 0 Å². The fourth-order valence-corrected chi connectivity index (χ4v) is 4.08. The van der Waals surface area contributed by atoms with Crippen molar-refractivity contribution >= 4 is 29.3 Å². The molecular weight excluding hydrogens is 507 g/mol. The number of allylic oxidation sites excluding steroid dienone is 1. The Morgan fingerprint density at radius 2 is 1.94 bits per heavy atom. The van der Waals surface area contributed by atoms with Crippen LogP contribution < -0.4 is 10.5 Å². The molecule has 12 heteroatoms. The van der Waals surface area contributed by atoms with E-state index in [4.69, 9.17) is 22.1 Å². The summed E-state index contributed by atoms with van der Waals surface area (Å²) in [6.45, 7) is 0.365. The van der Waals surface area contributed by atoms with Gasteiger partial charge in [0, 0.05) is 42.5 Å². The highest BCUT2D eigenvalue weighted by Crippen LogP contribution is 2.36. The number of likely N-dealkylation sites (tertiary alicyclic amines) is 1. The van der Waals surface area contributed by atoms with Crippen molar-refractivity contribution in [3.05, 3.63) is 64.4 Å². The van der Waals surface area contributed by atoms with E-state index in [9.17, 15) is 26.7 Å². The summed E-state index contributed by atoms with van der Waals surface area (Å²) >= 11 is 5.93. The number of aliphatic imine (C=N–C) groups is 1. The van der Waals surface area contributed by atoms with Crippen molar-refractivity contribution in [2.24, 2.45) is 16.6 Å². The van der Waals surface area contributed by atoms with Crippen LogP contribution in [-0.4, -0.2) is 54.2 Å². The van der Waals surface area contributed by atoms with Gasteiger partial charge in [0.15, 0.2) is 0 Å². The largest absolute Gasteiger partial charge is 0.475 e. The Kier molecular flexibility index (Phi) is 8.22. The summed E-state index contributed by atoms with van der Waals surface area (Å²) in [6.07, 6.45) is -3.11. The number of carbonyl (C=O) groups is 1. The van der Waals surface area contributed by atoms with E-state index < -0.39 is 48.5 Å². The third-order valence-corrected chi connectivity index (χ3v) is 5.99. The van der Waals surface area contributed by atoms with Crippen molar-refractivity contribution in [1.82, 2.24) is 9.88 Å². The quantitative estimate of drug-likeness (QED) is 0.321. The van der Waals surface area contributed by atoms with Crippen molar-refractivity contribution in [3.63, 3.8) is 0 Å². The van der Waals surface area contributed by atoms with Gasteiger partial charge in [-0.3, -0.25) is 9.79 Å². The first kappa shape index (κ1) is 27.4. The molecular formula is C24H24ClF5N4O2. The summed E-state index contributed by atoms with van der Waals surface area (Å²) in [5.41, 5.74) is 5.65. The van der Waals surface area contributed by atoms with Crippen LogP contribution in [0.2, 0.25) is 5.02 Å². The molecule has 1 aliphatic rings. The normalized spacial score (nSPS) is 20.8. The number of rotatable bonds is 6. The summed E-state index contributed by atoms with van der Waals surface area (Å²) in [7, 11) is 1.47. The van der Waals surface area contributed by atoms with Gasteiger partial charge in [-0.25, -0.2) is 13.8 Å². The van der Waals surface area contributed by atoms with E-state index in [2.05, 4.69) is 9.98 Å². The van der Waals surface area contributed by atoms with Gasteiger partial charge in [0.2, 0.25) is 5.88 Å². The predicted molar refractivity (Wildman–Crippen MR) is 126 cm³/mol. The minimum Gasteiger partial charge on any atom is -0.475 e. The second-order valence-electron chi connectivity index (χ2n) is 8.45. The van der Waals surface area contributed by atoms with Crippen molar-refractivity contribution in [2.75, 3.05) is 20.2 Å². The van der Waals surface area contributed by atoms with E-state index in [0.717, 1.165) is 17.0 Å². The van der Waals surface area contributed by atoms with Gasteiger partial charge >= 0.3 is 6.18 Å². The zero-order valence-corrected chi connectivity index (χ0v) is 20.2. The minimum atomic E-state index is -4.56. The Hall–Kier alpha value is -3.21. The molecule has 36 heavy (non-hydrogen) atoms. The Labute approximate surface area is 209 Å². The number of nitrogens with zero attached hydrogens (tertiary/aromatic N) is 3. The van der Waals surface area contributed by atoms with Gasteiger partial charge in [-0.1, -0.05) is 30.7 Å². The Morgan fingerprint density at radius 3 is 2.50 bits per heavy atom. The van der Waals surface area contributed by atoms with Crippen LogP contribution in [-0.2, 0) is 11.0 Å². The minimum absolute atomic E-state index is 0.136. The number of nitrogens with two attached hydrogens (primary N) is 1. The summed E-state index contributed by atoms with van der Waals surface area (Å²) in [5.74, 6) is -4.86. The number of pyridine rings is 1. The van der Waals surface area contributed by atoms with Crippen molar-refractivity contribution in [1.29, 1.82) is 0 Å². The van der Waals surface area contributed by atoms with Crippen LogP contribution in [0.25, 0.3) is 5.57 Å². The smallest absolute Gasteiger partial charge is 0.417 e. The molecule has 1 aromatic heterocycles. The molecule has 1 amide bonds. The molecule has 1 aliphatic heterocycles. The third-order valence-electron chi connectivity index (χ3n) is 5.74. The lowest BCUT2D eigenvalue weighted by molar-refractivity contribution is -0.151. The van der Waals surface area contributed by atoms with E-state index in [1.54, 1.807) is 24.3 Å². The first-order chi connectivity index (χ1) is 16.8. The zero-order valence-electron chi connectivity index (χ0n) is 19.4. The topological polar surface area (TPSA) is 80.8 Å². The van der Waals surface area contributed by atoms with Crippen LogP contribution in [0.4, 0.5) is 22.0 Å². The fourth-order valence-electron chi connectivity index (χ4n) is 3.95. The van der Waals surface area contributed by atoms with Crippen LogP contribution in [0, 0.1) is 5.92 Å². The number of carbonyl (C=O) groups excluding carboxylic acids is 1. The van der Waals surface area contributed by atoms with E-state index in [-0.39, 0.29) is 23.8 Å². The van der Waals surface area contributed by atoms with Gasteiger partial charge in [0.25, 0.3) is 11.8 Å². The molecule has 2 heterocycles. The summed E-state index contributed by atoms with van der Waals surface area (Å²) in [5, 5.41) is 0.454. The first-order valence-electron chi connectivity index (χ1n) is 10.8. The van der Waals surface area contributed by atoms with E-state index >= 15 is 0 Å². The highest BCUT2D eigenvalue weighted by atomic mass is 35.5. The van der Waals surface area contributed by atoms with Crippen LogP contribution in [0.5, 0.6) is 5.88 Å². The van der Waals surface area contributed by atoms with Gasteiger partial charge in [0.1, 0.15) is 12.3 Å². The van der Waals surface area contributed by atoms with Gasteiger partial charge in [-0.05, 0) is 29.7 Å². The fraction of sp³-hybridized carbons (Fsp3) is 0.375. The molecule has 2 N–H and O–H groups in total. The molecule has 194 valence electrons. The standard InChI is InChI=1S/C24H24ClF5N4O2/c1-14-9-23(26,27)13-34(19(14)12-36-20-8-5-16(10-33-20)24(28,29)30)22(35)21(31)18(11-32-2)15-3-6-17(25)7-4-15/h3-8,10-11,14,19H,9,12-13,31H2,1-2H3. The summed E-state index contributed by atoms with van der Waals surface area (Å²) < 4.78 is 72.8.